The predicted molar refractivity (Wildman–Crippen MR) is 77.0 cm³/mol. The van der Waals surface area contributed by atoms with Crippen LogP contribution in [0.25, 0.3) is 0 Å². The number of benzene rings is 1. The van der Waals surface area contributed by atoms with E-state index in [-0.39, 0.29) is 6.61 Å². The molecule has 0 unspecified atom stereocenters. The monoisotopic (exact) mass is 281 g/mol. The summed E-state index contributed by atoms with van der Waals surface area (Å²) in [6.45, 7) is 6.30. The number of rotatable bonds is 8. The summed E-state index contributed by atoms with van der Waals surface area (Å²) in [7, 11) is 0. The standard InChI is InChI=1S/C15H23NO4/c1-4-7-19-12-6-5-11(9-16)13(8-12)20-10-15(2,3)14(17)18/h5-6,8H,4,7,9-10,16H2,1-3H3,(H,17,18). The summed E-state index contributed by atoms with van der Waals surface area (Å²) < 4.78 is 11.2. The Bertz CT molecular complexity index is 457. The summed E-state index contributed by atoms with van der Waals surface area (Å²) >= 11 is 0. The number of hydrogen-bond donors (Lipinski definition) is 2. The van der Waals surface area contributed by atoms with Crippen LogP contribution in [0.4, 0.5) is 0 Å². The third-order valence-corrected chi connectivity index (χ3v) is 2.90. The first-order valence-corrected chi connectivity index (χ1v) is 6.72. The van der Waals surface area contributed by atoms with Gasteiger partial charge in [-0.05, 0) is 26.3 Å². The predicted octanol–water partition coefficient (Wildman–Crippen LogP) is 2.42. The number of nitrogens with two attached hydrogens (primary N) is 1. The van der Waals surface area contributed by atoms with E-state index in [2.05, 4.69) is 0 Å². The first-order chi connectivity index (χ1) is 9.40. The van der Waals surface area contributed by atoms with Crippen LogP contribution in [-0.2, 0) is 11.3 Å². The Labute approximate surface area is 119 Å². The molecule has 0 radical (unpaired) electrons. The third-order valence-electron chi connectivity index (χ3n) is 2.90. The van der Waals surface area contributed by atoms with Crippen LogP contribution in [0.2, 0.25) is 0 Å². The number of hydrogen-bond acceptors (Lipinski definition) is 4. The zero-order valence-corrected chi connectivity index (χ0v) is 12.3. The van der Waals surface area contributed by atoms with Crippen molar-refractivity contribution < 1.29 is 19.4 Å². The van der Waals surface area contributed by atoms with E-state index in [0.717, 1.165) is 12.0 Å². The molecule has 0 aliphatic rings. The Morgan fingerprint density at radius 1 is 1.35 bits per heavy atom. The molecule has 0 saturated heterocycles. The van der Waals surface area contributed by atoms with Gasteiger partial charge in [-0.25, -0.2) is 0 Å². The van der Waals surface area contributed by atoms with Crippen molar-refractivity contribution in [2.45, 2.75) is 33.7 Å². The largest absolute Gasteiger partial charge is 0.493 e. The highest BCUT2D eigenvalue weighted by atomic mass is 16.5. The SMILES string of the molecule is CCCOc1ccc(CN)c(OCC(C)(C)C(=O)O)c1. The summed E-state index contributed by atoms with van der Waals surface area (Å²) in [4.78, 5) is 11.1. The molecule has 0 aromatic heterocycles. The fourth-order valence-corrected chi connectivity index (χ4v) is 1.47. The first kappa shape index (κ1) is 16.3. The van der Waals surface area contributed by atoms with E-state index < -0.39 is 11.4 Å². The van der Waals surface area contributed by atoms with Crippen molar-refractivity contribution in [1.29, 1.82) is 0 Å². The second-order valence-electron chi connectivity index (χ2n) is 5.30. The van der Waals surface area contributed by atoms with Crippen molar-refractivity contribution in [3.63, 3.8) is 0 Å². The normalized spacial score (nSPS) is 11.2. The molecule has 0 heterocycles. The van der Waals surface area contributed by atoms with E-state index in [1.807, 2.05) is 19.1 Å². The van der Waals surface area contributed by atoms with E-state index in [1.165, 1.54) is 0 Å². The van der Waals surface area contributed by atoms with Crippen LogP contribution < -0.4 is 15.2 Å². The maximum absolute atomic E-state index is 11.1. The quantitative estimate of drug-likeness (QED) is 0.764. The zero-order valence-electron chi connectivity index (χ0n) is 12.3. The average Bonchev–Trinajstić information content (AvgIpc) is 2.42. The summed E-state index contributed by atoms with van der Waals surface area (Å²) in [5, 5.41) is 9.09. The van der Waals surface area contributed by atoms with Crippen LogP contribution in [0.1, 0.15) is 32.8 Å². The fraction of sp³-hybridized carbons (Fsp3) is 0.533. The maximum atomic E-state index is 11.1. The molecule has 0 amide bonds. The van der Waals surface area contributed by atoms with Crippen LogP contribution in [0, 0.1) is 5.41 Å². The van der Waals surface area contributed by atoms with Crippen molar-refractivity contribution >= 4 is 5.97 Å². The Morgan fingerprint density at radius 3 is 2.60 bits per heavy atom. The topological polar surface area (TPSA) is 81.8 Å². The van der Waals surface area contributed by atoms with Crippen LogP contribution in [0.5, 0.6) is 11.5 Å². The van der Waals surface area contributed by atoms with Crippen LogP contribution in [0.15, 0.2) is 18.2 Å². The van der Waals surface area contributed by atoms with Gasteiger partial charge in [0.05, 0.1) is 12.0 Å². The minimum Gasteiger partial charge on any atom is -0.493 e. The van der Waals surface area contributed by atoms with E-state index in [4.69, 9.17) is 20.3 Å². The van der Waals surface area contributed by atoms with Gasteiger partial charge in [0.25, 0.3) is 0 Å². The summed E-state index contributed by atoms with van der Waals surface area (Å²) in [6.07, 6.45) is 0.918. The van der Waals surface area contributed by atoms with Gasteiger partial charge >= 0.3 is 5.97 Å². The molecule has 0 aliphatic carbocycles. The van der Waals surface area contributed by atoms with Gasteiger partial charge in [0.1, 0.15) is 18.1 Å². The van der Waals surface area contributed by atoms with Gasteiger partial charge in [-0.15, -0.1) is 0 Å². The molecule has 3 N–H and O–H groups in total. The average molecular weight is 281 g/mol. The molecule has 112 valence electrons. The van der Waals surface area contributed by atoms with E-state index in [1.54, 1.807) is 19.9 Å². The second kappa shape index (κ2) is 7.14. The molecule has 0 bridgehead atoms. The molecular weight excluding hydrogens is 258 g/mol. The molecule has 0 spiro atoms. The van der Waals surface area contributed by atoms with E-state index in [0.29, 0.717) is 24.7 Å². The van der Waals surface area contributed by atoms with Crippen molar-refractivity contribution in [2.75, 3.05) is 13.2 Å². The number of ether oxygens (including phenoxy) is 2. The minimum atomic E-state index is -0.952. The van der Waals surface area contributed by atoms with Crippen molar-refractivity contribution in [1.82, 2.24) is 0 Å². The summed E-state index contributed by atoms with van der Waals surface area (Å²) in [5.74, 6) is 0.382. The van der Waals surface area contributed by atoms with Crippen molar-refractivity contribution in [3.05, 3.63) is 23.8 Å². The Morgan fingerprint density at radius 2 is 2.05 bits per heavy atom. The molecule has 1 aromatic carbocycles. The molecule has 1 rings (SSSR count). The van der Waals surface area contributed by atoms with Crippen LogP contribution in [0.3, 0.4) is 0 Å². The lowest BCUT2D eigenvalue weighted by atomic mass is 9.95. The molecule has 5 nitrogen and oxygen atoms in total. The third kappa shape index (κ3) is 4.42. The lowest BCUT2D eigenvalue weighted by Crippen LogP contribution is -2.30. The van der Waals surface area contributed by atoms with Gasteiger partial charge < -0.3 is 20.3 Å². The molecular formula is C15H23NO4. The maximum Gasteiger partial charge on any atom is 0.312 e. The summed E-state index contributed by atoms with van der Waals surface area (Å²) in [5.41, 5.74) is 5.54. The number of carboxylic acid groups (broad SMARTS) is 1. The van der Waals surface area contributed by atoms with Gasteiger partial charge in [0, 0.05) is 18.2 Å². The van der Waals surface area contributed by atoms with Crippen LogP contribution in [-0.4, -0.2) is 24.3 Å². The molecule has 0 aliphatic heterocycles. The van der Waals surface area contributed by atoms with E-state index >= 15 is 0 Å². The Hall–Kier alpha value is -1.75. The van der Waals surface area contributed by atoms with Crippen LogP contribution >= 0.6 is 0 Å². The highest BCUT2D eigenvalue weighted by Crippen LogP contribution is 2.27. The highest BCUT2D eigenvalue weighted by molar-refractivity contribution is 5.73. The van der Waals surface area contributed by atoms with Crippen molar-refractivity contribution in [2.24, 2.45) is 11.1 Å². The number of carboxylic acids is 1. The lowest BCUT2D eigenvalue weighted by molar-refractivity contribution is -0.148. The second-order valence-corrected chi connectivity index (χ2v) is 5.30. The van der Waals surface area contributed by atoms with Gasteiger partial charge in [-0.2, -0.15) is 0 Å². The molecule has 0 saturated carbocycles. The smallest absolute Gasteiger partial charge is 0.312 e. The Kier molecular flexibility index (Phi) is 5.82. The first-order valence-electron chi connectivity index (χ1n) is 6.72. The van der Waals surface area contributed by atoms with Gasteiger partial charge in [0.15, 0.2) is 0 Å². The number of carbonyl (C=O) groups is 1. The minimum absolute atomic E-state index is 0.0760. The molecule has 0 fully saturated rings. The van der Waals surface area contributed by atoms with Gasteiger partial charge in [-0.1, -0.05) is 13.0 Å². The Balaban J connectivity index is 2.83. The molecule has 0 atom stereocenters. The molecule has 20 heavy (non-hydrogen) atoms. The van der Waals surface area contributed by atoms with Crippen molar-refractivity contribution in [3.8, 4) is 11.5 Å². The molecule has 1 aromatic rings. The molecule has 5 heteroatoms. The lowest BCUT2D eigenvalue weighted by Gasteiger charge is -2.21. The van der Waals surface area contributed by atoms with Gasteiger partial charge in [-0.3, -0.25) is 4.79 Å². The summed E-state index contributed by atoms with van der Waals surface area (Å²) in [6, 6.07) is 5.44. The van der Waals surface area contributed by atoms with Gasteiger partial charge in [0.2, 0.25) is 0 Å². The van der Waals surface area contributed by atoms with E-state index in [9.17, 15) is 4.79 Å². The number of aliphatic carboxylic acids is 1. The fourth-order valence-electron chi connectivity index (χ4n) is 1.47. The highest BCUT2D eigenvalue weighted by Gasteiger charge is 2.28. The zero-order chi connectivity index (χ0) is 15.2.